The molecule has 29 heavy (non-hydrogen) atoms. The molecule has 4 aromatic carbocycles. The van der Waals surface area contributed by atoms with Gasteiger partial charge < -0.3 is 5.73 Å². The number of rotatable bonds is 5. The highest BCUT2D eigenvalue weighted by molar-refractivity contribution is 6.01. The van der Waals surface area contributed by atoms with Gasteiger partial charge in [-0.15, -0.1) is 0 Å². The number of aliphatic imine (C=N–C) groups is 1. The van der Waals surface area contributed by atoms with Crippen LogP contribution in [0.1, 0.15) is 29.7 Å². The molecule has 0 fully saturated rings. The van der Waals surface area contributed by atoms with Crippen molar-refractivity contribution in [3.63, 3.8) is 0 Å². The smallest absolute Gasteiger partial charge is 0.126 e. The van der Waals surface area contributed by atoms with E-state index in [0.29, 0.717) is 5.84 Å². The van der Waals surface area contributed by atoms with Gasteiger partial charge in [0.1, 0.15) is 5.84 Å². The molecule has 2 heteroatoms. The van der Waals surface area contributed by atoms with Gasteiger partial charge in [0, 0.05) is 5.56 Å². The predicted octanol–water partition coefficient (Wildman–Crippen LogP) is 6.39. The molecule has 0 radical (unpaired) electrons. The number of benzene rings is 4. The molecule has 2 N–H and O–H groups in total. The van der Waals surface area contributed by atoms with Crippen LogP contribution in [0.15, 0.2) is 114 Å². The van der Waals surface area contributed by atoms with Crippen molar-refractivity contribution in [2.24, 2.45) is 10.7 Å². The van der Waals surface area contributed by atoms with Crippen molar-refractivity contribution < 1.29 is 0 Å². The average molecular weight is 377 g/mol. The summed E-state index contributed by atoms with van der Waals surface area (Å²) < 4.78 is 0. The Hall–Kier alpha value is -3.65. The first-order valence-corrected chi connectivity index (χ1v) is 9.82. The van der Waals surface area contributed by atoms with Crippen LogP contribution in [0.3, 0.4) is 0 Å². The molecule has 0 bridgehead atoms. The van der Waals surface area contributed by atoms with Gasteiger partial charge in [0.15, 0.2) is 0 Å². The zero-order valence-corrected chi connectivity index (χ0v) is 16.5. The van der Waals surface area contributed by atoms with Gasteiger partial charge in [-0.25, -0.2) is 0 Å². The summed E-state index contributed by atoms with van der Waals surface area (Å²) >= 11 is 0. The Morgan fingerprint density at radius 1 is 0.724 bits per heavy atom. The van der Waals surface area contributed by atoms with Crippen LogP contribution < -0.4 is 5.73 Å². The highest BCUT2D eigenvalue weighted by Crippen LogP contribution is 2.25. The molecule has 2 nitrogen and oxygen atoms in total. The largest absolute Gasteiger partial charge is 0.383 e. The van der Waals surface area contributed by atoms with E-state index in [2.05, 4.69) is 73.7 Å². The maximum Gasteiger partial charge on any atom is 0.126 e. The molecule has 0 aromatic heterocycles. The Balaban J connectivity index is 1.74. The Labute approximate surface area is 172 Å². The van der Waals surface area contributed by atoms with E-state index in [1.54, 1.807) is 0 Å². The van der Waals surface area contributed by atoms with Crippen LogP contribution in [0.5, 0.6) is 0 Å². The average Bonchev–Trinajstić information content (AvgIpc) is 2.79. The van der Waals surface area contributed by atoms with Gasteiger partial charge in [-0.05, 0) is 40.5 Å². The molecule has 0 aliphatic carbocycles. The summed E-state index contributed by atoms with van der Waals surface area (Å²) in [6.07, 6.45) is 2.18. The minimum absolute atomic E-state index is 0.150. The van der Waals surface area contributed by atoms with Crippen LogP contribution in [-0.4, -0.2) is 5.84 Å². The van der Waals surface area contributed by atoms with Crippen LogP contribution in [0, 0.1) is 0 Å². The lowest BCUT2D eigenvalue weighted by Crippen LogP contribution is -2.15. The van der Waals surface area contributed by atoms with Crippen molar-refractivity contribution >= 4 is 22.2 Å². The van der Waals surface area contributed by atoms with Crippen LogP contribution in [0.2, 0.25) is 0 Å². The van der Waals surface area contributed by atoms with E-state index in [1.807, 2.05) is 42.5 Å². The lowest BCUT2D eigenvalue weighted by atomic mass is 10.0. The monoisotopic (exact) mass is 376 g/mol. The third-order valence-electron chi connectivity index (χ3n) is 5.10. The first-order chi connectivity index (χ1) is 14.2. The Morgan fingerprint density at radius 2 is 1.34 bits per heavy atom. The van der Waals surface area contributed by atoms with Crippen LogP contribution >= 0.6 is 0 Å². The summed E-state index contributed by atoms with van der Waals surface area (Å²) in [6.45, 7) is 2.12. The second-order valence-electron chi connectivity index (χ2n) is 7.15. The van der Waals surface area contributed by atoms with Crippen LogP contribution in [0.25, 0.3) is 16.3 Å². The number of allylic oxidation sites excluding steroid dienone is 1. The normalized spacial score (nSPS) is 13.4. The van der Waals surface area contributed by atoms with Crippen LogP contribution in [-0.2, 0) is 0 Å². The maximum atomic E-state index is 6.46. The molecule has 0 heterocycles. The highest BCUT2D eigenvalue weighted by Gasteiger charge is 2.10. The molecular weight excluding hydrogens is 352 g/mol. The van der Waals surface area contributed by atoms with Gasteiger partial charge in [0.05, 0.1) is 6.04 Å². The number of hydrogen-bond donors (Lipinski definition) is 1. The summed E-state index contributed by atoms with van der Waals surface area (Å²) in [5, 5.41) is 2.36. The van der Waals surface area contributed by atoms with Crippen molar-refractivity contribution in [2.75, 3.05) is 0 Å². The second-order valence-corrected chi connectivity index (χ2v) is 7.15. The van der Waals surface area contributed by atoms with E-state index in [4.69, 9.17) is 10.7 Å². The molecule has 0 spiro atoms. The quantitative estimate of drug-likeness (QED) is 0.318. The predicted molar refractivity (Wildman–Crippen MR) is 124 cm³/mol. The number of fused-ring (bicyclic) bond motifs is 1. The number of nitrogens with two attached hydrogens (primary N) is 1. The van der Waals surface area contributed by atoms with Gasteiger partial charge in [-0.1, -0.05) is 103 Å². The van der Waals surface area contributed by atoms with Crippen molar-refractivity contribution in [1.82, 2.24) is 0 Å². The molecule has 1 unspecified atom stereocenters. The van der Waals surface area contributed by atoms with Gasteiger partial charge in [0.25, 0.3) is 0 Å². The second kappa shape index (κ2) is 8.57. The minimum Gasteiger partial charge on any atom is -0.383 e. The van der Waals surface area contributed by atoms with Gasteiger partial charge >= 0.3 is 0 Å². The van der Waals surface area contributed by atoms with Gasteiger partial charge in [-0.2, -0.15) is 0 Å². The number of hydrogen-bond acceptors (Lipinski definition) is 1. The third-order valence-corrected chi connectivity index (χ3v) is 5.10. The van der Waals surface area contributed by atoms with Crippen molar-refractivity contribution in [3.05, 3.63) is 126 Å². The Kier molecular flexibility index (Phi) is 5.53. The molecule has 0 saturated carbocycles. The van der Waals surface area contributed by atoms with E-state index >= 15 is 0 Å². The van der Waals surface area contributed by atoms with E-state index in [9.17, 15) is 0 Å². The van der Waals surface area contributed by atoms with E-state index in [0.717, 1.165) is 16.5 Å². The standard InChI is InChI=1S/C27H24N2/c1-20(21-10-4-2-5-11-21)18-26(23-13-6-3-7-14-23)29-27(28)25-17-16-22-12-8-9-15-24(22)19-25/h2-19,26H,1H3,(H2,28,29)/b20-18+. The molecule has 4 aromatic rings. The molecule has 4 rings (SSSR count). The molecule has 0 saturated heterocycles. The lowest BCUT2D eigenvalue weighted by molar-refractivity contribution is 0.910. The maximum absolute atomic E-state index is 6.46. The Bertz CT molecular complexity index is 1160. The first-order valence-electron chi connectivity index (χ1n) is 9.82. The van der Waals surface area contributed by atoms with Crippen molar-refractivity contribution in [1.29, 1.82) is 0 Å². The van der Waals surface area contributed by atoms with E-state index < -0.39 is 0 Å². The van der Waals surface area contributed by atoms with Crippen molar-refractivity contribution in [2.45, 2.75) is 13.0 Å². The molecule has 0 aliphatic rings. The summed E-state index contributed by atoms with van der Waals surface area (Å²) in [6, 6.07) is 35.0. The third kappa shape index (κ3) is 4.44. The molecule has 0 amide bonds. The SMILES string of the molecule is C/C(=C\C(N=C(N)c1ccc2ccccc2c1)c1ccccc1)c1ccccc1. The zero-order chi connectivity index (χ0) is 20.1. The molecule has 1 atom stereocenters. The summed E-state index contributed by atoms with van der Waals surface area (Å²) in [7, 11) is 0. The fourth-order valence-corrected chi connectivity index (χ4v) is 3.47. The molecular formula is C27H24N2. The molecule has 142 valence electrons. The fourth-order valence-electron chi connectivity index (χ4n) is 3.47. The zero-order valence-electron chi connectivity index (χ0n) is 16.5. The minimum atomic E-state index is -0.150. The number of nitrogens with zero attached hydrogens (tertiary/aromatic N) is 1. The fraction of sp³-hybridized carbons (Fsp3) is 0.0741. The number of amidine groups is 1. The van der Waals surface area contributed by atoms with E-state index in [-0.39, 0.29) is 6.04 Å². The summed E-state index contributed by atoms with van der Waals surface area (Å²) in [4.78, 5) is 4.91. The lowest BCUT2D eigenvalue weighted by Gasteiger charge is -2.13. The highest BCUT2D eigenvalue weighted by atomic mass is 14.9. The first kappa shape index (κ1) is 18.7. The Morgan fingerprint density at radius 3 is 2.07 bits per heavy atom. The van der Waals surface area contributed by atoms with Gasteiger partial charge in [0.2, 0.25) is 0 Å². The van der Waals surface area contributed by atoms with E-state index in [1.165, 1.54) is 16.5 Å². The summed E-state index contributed by atoms with van der Waals surface area (Å²) in [5.74, 6) is 0.543. The molecule has 0 aliphatic heterocycles. The van der Waals surface area contributed by atoms with Gasteiger partial charge in [-0.3, -0.25) is 4.99 Å². The van der Waals surface area contributed by atoms with Crippen molar-refractivity contribution in [3.8, 4) is 0 Å². The van der Waals surface area contributed by atoms with Crippen LogP contribution in [0.4, 0.5) is 0 Å². The summed E-state index contributed by atoms with van der Waals surface area (Å²) in [5.41, 5.74) is 10.9. The topological polar surface area (TPSA) is 38.4 Å².